The number of alkyl halides is 3. The Labute approximate surface area is 110 Å². The fourth-order valence-electron chi connectivity index (χ4n) is 1.52. The van der Waals surface area contributed by atoms with Crippen molar-refractivity contribution in [3.05, 3.63) is 40.2 Å². The highest BCUT2D eigenvalue weighted by Crippen LogP contribution is 2.30. The molecule has 4 nitrogen and oxygen atoms in total. The second kappa shape index (κ2) is 4.54. The molecule has 1 heterocycles. The van der Waals surface area contributed by atoms with Crippen molar-refractivity contribution in [2.75, 3.05) is 5.32 Å². The van der Waals surface area contributed by atoms with Crippen molar-refractivity contribution in [3.63, 3.8) is 0 Å². The zero-order valence-electron chi connectivity index (χ0n) is 9.25. The molecule has 0 bridgehead atoms. The van der Waals surface area contributed by atoms with Crippen LogP contribution in [0.3, 0.4) is 0 Å². The van der Waals surface area contributed by atoms with Crippen LogP contribution >= 0.6 is 12.2 Å². The zero-order valence-corrected chi connectivity index (χ0v) is 10.1. The molecule has 3 N–H and O–H groups in total. The molecule has 2 aromatic rings. The number of hydrogen-bond acceptors (Lipinski definition) is 3. The van der Waals surface area contributed by atoms with Crippen LogP contribution in [0.15, 0.2) is 33.5 Å². The number of anilines is 1. The molecule has 0 amide bonds. The lowest BCUT2D eigenvalue weighted by molar-refractivity contribution is -0.152. The number of halogens is 3. The van der Waals surface area contributed by atoms with Gasteiger partial charge in [-0.25, -0.2) is 0 Å². The third kappa shape index (κ3) is 2.84. The molecule has 0 saturated heterocycles. The summed E-state index contributed by atoms with van der Waals surface area (Å²) in [4.78, 5) is 11.6. The Hall–Kier alpha value is -2.09. The maximum Gasteiger partial charge on any atom is 0.449 e. The molecule has 1 aromatic heterocycles. The van der Waals surface area contributed by atoms with E-state index in [1.807, 2.05) is 0 Å². The Kier molecular flexibility index (Phi) is 3.19. The highest BCUT2D eigenvalue weighted by atomic mass is 32.1. The molecule has 2 rings (SSSR count). The first-order valence-electron chi connectivity index (χ1n) is 4.99. The summed E-state index contributed by atoms with van der Waals surface area (Å²) in [6.07, 6.45) is -4.71. The molecule has 100 valence electrons. The van der Waals surface area contributed by atoms with Crippen molar-refractivity contribution in [1.29, 1.82) is 0 Å². The van der Waals surface area contributed by atoms with Crippen LogP contribution in [0, 0.1) is 0 Å². The van der Waals surface area contributed by atoms with Gasteiger partial charge in [0, 0.05) is 11.8 Å². The van der Waals surface area contributed by atoms with E-state index in [2.05, 4.69) is 22.0 Å². The molecule has 0 aliphatic rings. The predicted octanol–water partition coefficient (Wildman–Crippen LogP) is 2.47. The second-order valence-corrected chi connectivity index (χ2v) is 4.11. The Morgan fingerprint density at radius 1 is 1.32 bits per heavy atom. The smallest absolute Gasteiger partial charge is 0.449 e. The predicted molar refractivity (Wildman–Crippen MR) is 67.9 cm³/mol. The van der Waals surface area contributed by atoms with Crippen molar-refractivity contribution in [2.45, 2.75) is 6.18 Å². The van der Waals surface area contributed by atoms with Gasteiger partial charge in [0.25, 0.3) is 0 Å². The van der Waals surface area contributed by atoms with Crippen molar-refractivity contribution >= 4 is 34.0 Å². The third-order valence-corrected chi connectivity index (χ3v) is 2.38. The minimum absolute atomic E-state index is 0.00856. The standard InChI is InChI=1S/C11H7F3N2O2S/c12-11(13,14)9-4-7(17)6-3-5(16-10(15)19)1-2-8(6)18-9/h1-4H,(H3,15,16,19). The van der Waals surface area contributed by atoms with E-state index < -0.39 is 17.4 Å². The van der Waals surface area contributed by atoms with Gasteiger partial charge >= 0.3 is 6.18 Å². The van der Waals surface area contributed by atoms with Crippen molar-refractivity contribution in [3.8, 4) is 0 Å². The molecule has 0 aliphatic heterocycles. The minimum atomic E-state index is -4.71. The Balaban J connectivity index is 2.60. The molecule has 19 heavy (non-hydrogen) atoms. The number of hydrogen-bond donors (Lipinski definition) is 2. The maximum atomic E-state index is 12.5. The highest BCUT2D eigenvalue weighted by Gasteiger charge is 2.34. The molecular formula is C11H7F3N2O2S. The fourth-order valence-corrected chi connectivity index (χ4v) is 1.63. The van der Waals surface area contributed by atoms with E-state index in [9.17, 15) is 18.0 Å². The van der Waals surface area contributed by atoms with Gasteiger partial charge in [0.1, 0.15) is 5.58 Å². The van der Waals surface area contributed by atoms with Crippen LogP contribution in [0.4, 0.5) is 18.9 Å². The van der Waals surface area contributed by atoms with Gasteiger partial charge in [-0.2, -0.15) is 13.2 Å². The van der Waals surface area contributed by atoms with Gasteiger partial charge in [0.2, 0.25) is 5.76 Å². The summed E-state index contributed by atoms with van der Waals surface area (Å²) in [6, 6.07) is 4.38. The number of nitrogens with one attached hydrogen (secondary N) is 1. The first-order valence-corrected chi connectivity index (χ1v) is 5.40. The van der Waals surface area contributed by atoms with Crippen molar-refractivity contribution in [2.24, 2.45) is 5.73 Å². The lowest BCUT2D eigenvalue weighted by Crippen LogP contribution is -2.19. The van der Waals surface area contributed by atoms with Gasteiger partial charge in [-0.1, -0.05) is 0 Å². The Morgan fingerprint density at radius 2 is 2.00 bits per heavy atom. The number of benzene rings is 1. The molecule has 8 heteroatoms. The van der Waals surface area contributed by atoms with E-state index >= 15 is 0 Å². The summed E-state index contributed by atoms with van der Waals surface area (Å²) in [5, 5.41) is 2.57. The van der Waals surface area contributed by atoms with Crippen LogP contribution in [0.1, 0.15) is 5.76 Å². The fraction of sp³-hybridized carbons (Fsp3) is 0.0909. The Bertz CT molecular complexity index is 709. The summed E-state index contributed by atoms with van der Waals surface area (Å²) in [6.45, 7) is 0. The largest absolute Gasteiger partial charge is 0.451 e. The monoisotopic (exact) mass is 288 g/mol. The molecule has 1 aromatic carbocycles. The van der Waals surface area contributed by atoms with Crippen LogP contribution < -0.4 is 16.5 Å². The van der Waals surface area contributed by atoms with Crippen LogP contribution in [0.5, 0.6) is 0 Å². The summed E-state index contributed by atoms with van der Waals surface area (Å²) >= 11 is 4.62. The van der Waals surface area contributed by atoms with Gasteiger partial charge in [-0.3, -0.25) is 4.79 Å². The van der Waals surface area contributed by atoms with E-state index in [0.717, 1.165) is 0 Å². The molecule has 0 spiro atoms. The summed E-state index contributed by atoms with van der Waals surface area (Å²) in [5.74, 6) is -1.33. The van der Waals surface area contributed by atoms with Crippen LogP contribution in [0.25, 0.3) is 11.0 Å². The van der Waals surface area contributed by atoms with Crippen molar-refractivity contribution in [1.82, 2.24) is 0 Å². The molecule has 0 unspecified atom stereocenters. The van der Waals surface area contributed by atoms with E-state index in [1.165, 1.54) is 18.2 Å². The second-order valence-electron chi connectivity index (χ2n) is 3.67. The van der Waals surface area contributed by atoms with E-state index in [-0.39, 0.29) is 16.1 Å². The Morgan fingerprint density at radius 3 is 2.58 bits per heavy atom. The van der Waals surface area contributed by atoms with Crippen LogP contribution in [-0.4, -0.2) is 5.11 Å². The van der Waals surface area contributed by atoms with Crippen molar-refractivity contribution < 1.29 is 17.6 Å². The number of fused-ring (bicyclic) bond motifs is 1. The lowest BCUT2D eigenvalue weighted by atomic mass is 10.2. The molecule has 0 radical (unpaired) electrons. The zero-order chi connectivity index (χ0) is 14.2. The summed E-state index contributed by atoms with van der Waals surface area (Å²) in [5.41, 5.74) is 4.70. The third-order valence-electron chi connectivity index (χ3n) is 2.27. The van der Waals surface area contributed by atoms with E-state index in [0.29, 0.717) is 11.8 Å². The van der Waals surface area contributed by atoms with Gasteiger partial charge in [0.15, 0.2) is 10.5 Å². The van der Waals surface area contributed by atoms with Gasteiger partial charge in [0.05, 0.1) is 5.39 Å². The molecule has 0 fully saturated rings. The number of rotatable bonds is 1. The molecular weight excluding hydrogens is 281 g/mol. The molecule has 0 atom stereocenters. The summed E-state index contributed by atoms with van der Waals surface area (Å²) in [7, 11) is 0. The van der Waals surface area contributed by atoms with Crippen LogP contribution in [-0.2, 0) is 6.18 Å². The first-order chi connectivity index (χ1) is 8.77. The number of thiocarbonyl (C=S) groups is 1. The van der Waals surface area contributed by atoms with Gasteiger partial charge in [-0.05, 0) is 30.4 Å². The SMILES string of the molecule is NC(=S)Nc1ccc2oc(C(F)(F)F)cc(=O)c2c1. The maximum absolute atomic E-state index is 12.5. The quantitative estimate of drug-likeness (QED) is 0.789. The van der Waals surface area contributed by atoms with E-state index in [1.54, 1.807) is 0 Å². The number of nitrogens with two attached hydrogens (primary N) is 1. The van der Waals surface area contributed by atoms with E-state index in [4.69, 9.17) is 5.73 Å². The lowest BCUT2D eigenvalue weighted by Gasteiger charge is -2.08. The summed E-state index contributed by atoms with van der Waals surface area (Å²) < 4.78 is 42.1. The first kappa shape index (κ1) is 13.3. The highest BCUT2D eigenvalue weighted by molar-refractivity contribution is 7.80. The van der Waals surface area contributed by atoms with Crippen LogP contribution in [0.2, 0.25) is 0 Å². The van der Waals surface area contributed by atoms with Gasteiger partial charge < -0.3 is 15.5 Å². The average Bonchev–Trinajstić information content (AvgIpc) is 2.27. The minimum Gasteiger partial charge on any atom is -0.451 e. The molecule has 0 saturated carbocycles. The topological polar surface area (TPSA) is 68.3 Å². The molecule has 0 aliphatic carbocycles. The average molecular weight is 288 g/mol. The van der Waals surface area contributed by atoms with Gasteiger partial charge in [-0.15, -0.1) is 0 Å². The normalized spacial score (nSPS) is 11.5.